The first kappa shape index (κ1) is 20.3. The first-order valence-corrected chi connectivity index (χ1v) is 10.2. The van der Waals surface area contributed by atoms with Crippen LogP contribution in [0.2, 0.25) is 0 Å². The maximum Gasteiger partial charge on any atom is 0.344 e. The Kier molecular flexibility index (Phi) is 6.03. The first-order chi connectivity index (χ1) is 13.3. The van der Waals surface area contributed by atoms with Gasteiger partial charge in [0.1, 0.15) is 11.6 Å². The summed E-state index contributed by atoms with van der Waals surface area (Å²) in [6.45, 7) is 6.48. The van der Waals surface area contributed by atoms with Crippen LogP contribution in [-0.4, -0.2) is 34.9 Å². The van der Waals surface area contributed by atoms with Gasteiger partial charge in [-0.25, -0.2) is 4.79 Å². The highest BCUT2D eigenvalue weighted by atomic mass is 16.2. The molecule has 0 aromatic heterocycles. The number of hydrazine groups is 1. The van der Waals surface area contributed by atoms with Crippen LogP contribution < -0.4 is 16.1 Å². The number of hydrogen-bond donors (Lipinski definition) is 3. The Labute approximate surface area is 166 Å². The van der Waals surface area contributed by atoms with Crippen molar-refractivity contribution >= 4 is 17.8 Å². The van der Waals surface area contributed by atoms with Gasteiger partial charge in [0.05, 0.1) is 0 Å². The van der Waals surface area contributed by atoms with Gasteiger partial charge in [0.15, 0.2) is 6.54 Å². The van der Waals surface area contributed by atoms with Gasteiger partial charge in [0.2, 0.25) is 0 Å². The minimum atomic E-state index is -0.822. The van der Waals surface area contributed by atoms with Gasteiger partial charge in [-0.15, -0.1) is 0 Å². The third kappa shape index (κ3) is 4.19. The molecule has 1 heterocycles. The van der Waals surface area contributed by atoms with E-state index in [-0.39, 0.29) is 24.4 Å². The number of amides is 4. The fourth-order valence-corrected chi connectivity index (χ4v) is 3.99. The molecule has 1 aromatic carbocycles. The zero-order valence-corrected chi connectivity index (χ0v) is 17.0. The highest BCUT2D eigenvalue weighted by molar-refractivity contribution is 6.08. The molecule has 0 bridgehead atoms. The molecule has 1 saturated carbocycles. The molecular formula is C21H31N4O3+. The highest BCUT2D eigenvalue weighted by Gasteiger charge is 2.52. The van der Waals surface area contributed by atoms with Crippen molar-refractivity contribution in [2.24, 2.45) is 0 Å². The van der Waals surface area contributed by atoms with Crippen LogP contribution in [0.1, 0.15) is 76.0 Å². The van der Waals surface area contributed by atoms with E-state index in [2.05, 4.69) is 48.9 Å². The highest BCUT2D eigenvalue weighted by Crippen LogP contribution is 2.32. The second kappa shape index (κ2) is 8.31. The lowest BCUT2D eigenvalue weighted by atomic mass is 9.82. The summed E-state index contributed by atoms with van der Waals surface area (Å²) in [5, 5.41) is 5.55. The van der Waals surface area contributed by atoms with Gasteiger partial charge in [0.25, 0.3) is 11.8 Å². The number of nitrogens with one attached hydrogen (secondary N) is 2. The molecule has 0 radical (unpaired) electrons. The maximum absolute atomic E-state index is 12.7. The number of rotatable bonds is 6. The molecule has 1 aliphatic heterocycles. The lowest BCUT2D eigenvalue weighted by Crippen LogP contribution is -2.87. The second-order valence-corrected chi connectivity index (χ2v) is 8.30. The zero-order chi connectivity index (χ0) is 20.3. The van der Waals surface area contributed by atoms with Crippen LogP contribution in [-0.2, 0) is 9.59 Å². The summed E-state index contributed by atoms with van der Waals surface area (Å²) in [6, 6.07) is 7.96. The second-order valence-electron chi connectivity index (χ2n) is 8.30. The van der Waals surface area contributed by atoms with Crippen molar-refractivity contribution in [1.82, 2.24) is 15.8 Å². The van der Waals surface area contributed by atoms with E-state index in [0.29, 0.717) is 18.8 Å². The van der Waals surface area contributed by atoms with E-state index in [4.69, 9.17) is 0 Å². The summed E-state index contributed by atoms with van der Waals surface area (Å²) >= 11 is 0. The lowest BCUT2D eigenvalue weighted by molar-refractivity contribution is -0.682. The molecule has 0 unspecified atom stereocenters. The van der Waals surface area contributed by atoms with E-state index in [1.54, 1.807) is 0 Å². The molecule has 1 spiro atoms. The van der Waals surface area contributed by atoms with Gasteiger partial charge in [-0.05, 0) is 31.2 Å². The van der Waals surface area contributed by atoms with Crippen LogP contribution in [0.5, 0.6) is 0 Å². The summed E-state index contributed by atoms with van der Waals surface area (Å²) in [6.07, 6.45) is 4.17. The van der Waals surface area contributed by atoms with Crippen LogP contribution in [0.15, 0.2) is 24.3 Å². The molecule has 2 aliphatic rings. The van der Waals surface area contributed by atoms with Crippen molar-refractivity contribution in [3.05, 3.63) is 35.4 Å². The maximum atomic E-state index is 12.7. The molecule has 1 aromatic rings. The van der Waals surface area contributed by atoms with Gasteiger partial charge in [-0.1, -0.05) is 57.4 Å². The monoisotopic (exact) mass is 387 g/mol. The van der Waals surface area contributed by atoms with E-state index in [1.165, 1.54) is 5.56 Å². The first-order valence-electron chi connectivity index (χ1n) is 10.2. The van der Waals surface area contributed by atoms with Gasteiger partial charge in [0, 0.05) is 5.56 Å². The Morgan fingerprint density at radius 2 is 1.71 bits per heavy atom. The average Bonchev–Trinajstić information content (AvgIpc) is 2.90. The number of imide groups is 1. The Hall–Kier alpha value is -2.41. The van der Waals surface area contributed by atoms with Crippen molar-refractivity contribution in [2.45, 2.75) is 70.4 Å². The van der Waals surface area contributed by atoms with Crippen LogP contribution in [0.25, 0.3) is 0 Å². The number of urea groups is 1. The molecule has 7 nitrogen and oxygen atoms in total. The minimum absolute atomic E-state index is 0.0970. The fraction of sp³-hybridized carbons (Fsp3) is 0.571. The van der Waals surface area contributed by atoms with Gasteiger partial charge >= 0.3 is 6.03 Å². The molecule has 28 heavy (non-hydrogen) atoms. The predicted molar refractivity (Wildman–Crippen MR) is 105 cm³/mol. The van der Waals surface area contributed by atoms with Crippen molar-refractivity contribution in [1.29, 1.82) is 0 Å². The number of benzene rings is 1. The topological polar surface area (TPSA) is 95.1 Å². The van der Waals surface area contributed by atoms with E-state index < -0.39 is 11.6 Å². The van der Waals surface area contributed by atoms with Crippen LogP contribution in [0.4, 0.5) is 4.79 Å². The predicted octanol–water partition coefficient (Wildman–Crippen LogP) is 1.72. The van der Waals surface area contributed by atoms with E-state index in [0.717, 1.165) is 29.8 Å². The third-order valence-electron chi connectivity index (χ3n) is 5.89. The van der Waals surface area contributed by atoms with Crippen LogP contribution in [0, 0.1) is 0 Å². The molecule has 2 fully saturated rings. The summed E-state index contributed by atoms with van der Waals surface area (Å²) in [5.74, 6) is -0.208. The Morgan fingerprint density at radius 3 is 2.32 bits per heavy atom. The number of hydrogen-bond acceptors (Lipinski definition) is 3. The van der Waals surface area contributed by atoms with E-state index >= 15 is 0 Å². The van der Waals surface area contributed by atoms with Crippen molar-refractivity contribution in [2.75, 3.05) is 6.54 Å². The normalized spacial score (nSPS) is 19.8. The summed E-state index contributed by atoms with van der Waals surface area (Å²) < 4.78 is 0. The quantitative estimate of drug-likeness (QED) is 0.649. The van der Waals surface area contributed by atoms with Gasteiger partial charge in [-0.3, -0.25) is 15.0 Å². The van der Waals surface area contributed by atoms with Crippen LogP contribution >= 0.6 is 0 Å². The Morgan fingerprint density at radius 1 is 1.11 bits per heavy atom. The zero-order valence-electron chi connectivity index (χ0n) is 17.0. The lowest BCUT2D eigenvalue weighted by Gasteiger charge is -2.30. The standard InChI is InChI=1S/C21H30N4O3/c1-14(2)16-7-9-17(10-8-16)15(3)22-13-18(26)24-25-19(27)21(23-20(25)28)11-5-4-6-12-21/h7-10,14-15,22H,4-6,11-13H2,1-3H3,(H,23,28)(H,24,26)/p+1/t15-/m0/s1. The minimum Gasteiger partial charge on any atom is -0.332 e. The van der Waals surface area contributed by atoms with Crippen molar-refractivity contribution in [3.63, 3.8) is 0 Å². The molecule has 4 amide bonds. The number of nitrogens with zero attached hydrogens (tertiary/aromatic N) is 1. The number of quaternary nitrogens is 1. The SMILES string of the molecule is CC(C)c1ccc([C@H](C)[NH2+]CC(=O)NN2C(=O)NC3(CCCCC3)C2=O)cc1. The largest absolute Gasteiger partial charge is 0.344 e. The average molecular weight is 388 g/mol. The fourth-order valence-electron chi connectivity index (χ4n) is 3.99. The third-order valence-corrected chi connectivity index (χ3v) is 5.89. The van der Waals surface area contributed by atoms with Gasteiger partial charge in [-0.2, -0.15) is 5.01 Å². The number of nitrogens with two attached hydrogens (primary N) is 1. The Bertz CT molecular complexity index is 739. The summed E-state index contributed by atoms with van der Waals surface area (Å²) in [7, 11) is 0. The van der Waals surface area contributed by atoms with Crippen LogP contribution in [0.3, 0.4) is 0 Å². The van der Waals surface area contributed by atoms with Gasteiger partial charge < -0.3 is 10.6 Å². The molecular weight excluding hydrogens is 356 g/mol. The molecule has 1 saturated heterocycles. The molecule has 4 N–H and O–H groups in total. The Balaban J connectivity index is 1.52. The van der Waals surface area contributed by atoms with E-state index in [1.807, 2.05) is 12.2 Å². The van der Waals surface area contributed by atoms with Crippen molar-refractivity contribution in [3.8, 4) is 0 Å². The van der Waals surface area contributed by atoms with Crippen molar-refractivity contribution < 1.29 is 19.7 Å². The number of carbonyl (C=O) groups excluding carboxylic acids is 3. The van der Waals surface area contributed by atoms with E-state index in [9.17, 15) is 14.4 Å². The molecule has 3 rings (SSSR count). The molecule has 152 valence electrons. The summed E-state index contributed by atoms with van der Waals surface area (Å²) in [4.78, 5) is 37.2. The smallest absolute Gasteiger partial charge is 0.332 e. The summed E-state index contributed by atoms with van der Waals surface area (Å²) in [5.41, 5.74) is 4.07. The molecule has 7 heteroatoms. The molecule has 1 aliphatic carbocycles. The molecule has 1 atom stereocenters. The number of carbonyl (C=O) groups is 3.